The molecule has 0 aromatic rings. The molecule has 2 rings (SSSR count). The van der Waals surface area contributed by atoms with Crippen LogP contribution in [0.15, 0.2) is 0 Å². The highest BCUT2D eigenvalue weighted by Crippen LogP contribution is 2.18. The molecule has 3 N–H and O–H groups in total. The van der Waals surface area contributed by atoms with E-state index in [2.05, 4.69) is 10.6 Å². The maximum atomic E-state index is 11.7. The second kappa shape index (κ2) is 5.53. The van der Waals surface area contributed by atoms with Crippen LogP contribution in [-0.4, -0.2) is 55.1 Å². The number of rotatable bonds is 4. The predicted octanol–water partition coefficient (Wildman–Crippen LogP) is -0.292. The van der Waals surface area contributed by atoms with Crippen LogP contribution in [0, 0.1) is 0 Å². The SMILES string of the molecule is O=C(NCC1CCCO1)NC1(C(=O)O)CCOC1. The highest BCUT2D eigenvalue weighted by atomic mass is 16.5. The first kappa shape index (κ1) is 13.1. The van der Waals surface area contributed by atoms with E-state index in [0.717, 1.165) is 19.4 Å². The third kappa shape index (κ3) is 2.91. The molecule has 2 atom stereocenters. The Labute approximate surface area is 105 Å². The number of carbonyl (C=O) groups is 2. The zero-order valence-electron chi connectivity index (χ0n) is 10.1. The van der Waals surface area contributed by atoms with Crippen LogP contribution >= 0.6 is 0 Å². The molecule has 18 heavy (non-hydrogen) atoms. The summed E-state index contributed by atoms with van der Waals surface area (Å²) in [6.07, 6.45) is 2.25. The van der Waals surface area contributed by atoms with Crippen LogP contribution in [-0.2, 0) is 14.3 Å². The number of nitrogens with one attached hydrogen (secondary N) is 2. The fourth-order valence-corrected chi connectivity index (χ4v) is 2.16. The summed E-state index contributed by atoms with van der Waals surface area (Å²) in [5.41, 5.74) is -1.29. The quantitative estimate of drug-likeness (QED) is 0.643. The van der Waals surface area contributed by atoms with Crippen molar-refractivity contribution in [2.75, 3.05) is 26.4 Å². The lowest BCUT2D eigenvalue weighted by molar-refractivity contribution is -0.144. The molecule has 0 aliphatic carbocycles. The van der Waals surface area contributed by atoms with Crippen molar-refractivity contribution in [3.63, 3.8) is 0 Å². The van der Waals surface area contributed by atoms with Gasteiger partial charge in [-0.2, -0.15) is 0 Å². The molecule has 2 fully saturated rings. The average molecular weight is 258 g/mol. The Bertz CT molecular complexity index is 321. The van der Waals surface area contributed by atoms with E-state index < -0.39 is 17.5 Å². The van der Waals surface area contributed by atoms with Crippen LogP contribution in [0.1, 0.15) is 19.3 Å². The van der Waals surface area contributed by atoms with Gasteiger partial charge in [0.15, 0.2) is 5.54 Å². The van der Waals surface area contributed by atoms with Crippen molar-refractivity contribution in [3.05, 3.63) is 0 Å². The minimum atomic E-state index is -1.29. The van der Waals surface area contributed by atoms with Crippen molar-refractivity contribution >= 4 is 12.0 Å². The molecule has 0 saturated carbocycles. The summed E-state index contributed by atoms with van der Waals surface area (Å²) in [6, 6.07) is -0.488. The summed E-state index contributed by atoms with van der Waals surface area (Å²) in [6.45, 7) is 1.48. The largest absolute Gasteiger partial charge is 0.479 e. The molecule has 2 unspecified atom stereocenters. The maximum Gasteiger partial charge on any atom is 0.332 e. The van der Waals surface area contributed by atoms with Gasteiger partial charge in [0.1, 0.15) is 0 Å². The molecule has 2 saturated heterocycles. The van der Waals surface area contributed by atoms with E-state index in [1.807, 2.05) is 0 Å². The standard InChI is InChI=1S/C11H18N2O5/c14-9(15)11(3-5-17-7-11)13-10(16)12-6-8-2-1-4-18-8/h8H,1-7H2,(H,14,15)(H2,12,13,16). The van der Waals surface area contributed by atoms with Gasteiger partial charge in [-0.3, -0.25) is 0 Å². The number of aliphatic carboxylic acids is 1. The van der Waals surface area contributed by atoms with Gasteiger partial charge in [0.25, 0.3) is 0 Å². The number of carboxylic acids is 1. The number of ether oxygens (including phenoxy) is 2. The van der Waals surface area contributed by atoms with E-state index in [1.165, 1.54) is 0 Å². The van der Waals surface area contributed by atoms with Crippen molar-refractivity contribution in [3.8, 4) is 0 Å². The van der Waals surface area contributed by atoms with Crippen molar-refractivity contribution < 1.29 is 24.2 Å². The van der Waals surface area contributed by atoms with Crippen molar-refractivity contribution in [1.29, 1.82) is 0 Å². The highest BCUT2D eigenvalue weighted by Gasteiger charge is 2.44. The maximum absolute atomic E-state index is 11.7. The molecule has 7 nitrogen and oxygen atoms in total. The first-order chi connectivity index (χ1) is 8.62. The molecule has 0 radical (unpaired) electrons. The van der Waals surface area contributed by atoms with E-state index in [1.54, 1.807) is 0 Å². The predicted molar refractivity (Wildman–Crippen MR) is 61.3 cm³/mol. The van der Waals surface area contributed by atoms with Crippen molar-refractivity contribution in [2.45, 2.75) is 30.9 Å². The second-order valence-electron chi connectivity index (χ2n) is 4.66. The highest BCUT2D eigenvalue weighted by molar-refractivity contribution is 5.86. The van der Waals surface area contributed by atoms with Gasteiger partial charge < -0.3 is 25.2 Å². The van der Waals surface area contributed by atoms with Crippen LogP contribution in [0.5, 0.6) is 0 Å². The number of hydrogen-bond acceptors (Lipinski definition) is 4. The summed E-state index contributed by atoms with van der Waals surface area (Å²) in [4.78, 5) is 22.8. The van der Waals surface area contributed by atoms with E-state index in [-0.39, 0.29) is 19.1 Å². The number of hydrogen-bond donors (Lipinski definition) is 3. The second-order valence-corrected chi connectivity index (χ2v) is 4.66. The van der Waals surface area contributed by atoms with Gasteiger partial charge in [-0.1, -0.05) is 0 Å². The summed E-state index contributed by atoms with van der Waals surface area (Å²) in [5, 5.41) is 14.3. The molecule has 2 aliphatic heterocycles. The van der Waals surface area contributed by atoms with Crippen LogP contribution < -0.4 is 10.6 Å². The van der Waals surface area contributed by atoms with Gasteiger partial charge in [-0.25, -0.2) is 9.59 Å². The minimum Gasteiger partial charge on any atom is -0.479 e. The van der Waals surface area contributed by atoms with Crippen LogP contribution in [0.2, 0.25) is 0 Å². The molecule has 0 aromatic heterocycles. The van der Waals surface area contributed by atoms with E-state index in [4.69, 9.17) is 14.6 Å². The molecule has 7 heteroatoms. The van der Waals surface area contributed by atoms with E-state index >= 15 is 0 Å². The number of amides is 2. The third-order valence-electron chi connectivity index (χ3n) is 3.30. The Morgan fingerprint density at radius 2 is 2.22 bits per heavy atom. The van der Waals surface area contributed by atoms with Gasteiger partial charge in [0.05, 0.1) is 12.7 Å². The summed E-state index contributed by atoms with van der Waals surface area (Å²) in [7, 11) is 0. The molecular formula is C11H18N2O5. The topological polar surface area (TPSA) is 96.9 Å². The average Bonchev–Trinajstić information content (AvgIpc) is 2.97. The van der Waals surface area contributed by atoms with Gasteiger partial charge in [0, 0.05) is 26.2 Å². The first-order valence-electron chi connectivity index (χ1n) is 6.11. The molecule has 102 valence electrons. The molecule has 0 bridgehead atoms. The van der Waals surface area contributed by atoms with Gasteiger partial charge in [0.2, 0.25) is 0 Å². The Hall–Kier alpha value is -1.34. The number of carbonyl (C=O) groups excluding carboxylic acids is 1. The lowest BCUT2D eigenvalue weighted by Gasteiger charge is -2.24. The number of carboxylic acid groups (broad SMARTS) is 1. The first-order valence-corrected chi connectivity index (χ1v) is 6.11. The summed E-state index contributed by atoms with van der Waals surface area (Å²) >= 11 is 0. The lowest BCUT2D eigenvalue weighted by atomic mass is 9.99. The molecule has 0 aromatic carbocycles. The van der Waals surface area contributed by atoms with Gasteiger partial charge in [-0.15, -0.1) is 0 Å². The molecule has 2 heterocycles. The zero-order chi connectivity index (χ0) is 13.0. The number of urea groups is 1. The molecule has 0 spiro atoms. The van der Waals surface area contributed by atoms with Crippen molar-refractivity contribution in [1.82, 2.24) is 10.6 Å². The summed E-state index contributed by atoms with van der Waals surface area (Å²) < 4.78 is 10.4. The zero-order valence-corrected chi connectivity index (χ0v) is 10.1. The monoisotopic (exact) mass is 258 g/mol. The Kier molecular flexibility index (Phi) is 4.03. The Balaban J connectivity index is 1.80. The van der Waals surface area contributed by atoms with Crippen LogP contribution in [0.25, 0.3) is 0 Å². The Morgan fingerprint density at radius 1 is 1.39 bits per heavy atom. The van der Waals surface area contributed by atoms with Crippen molar-refractivity contribution in [2.24, 2.45) is 0 Å². The fourth-order valence-electron chi connectivity index (χ4n) is 2.16. The van der Waals surface area contributed by atoms with Crippen LogP contribution in [0.3, 0.4) is 0 Å². The minimum absolute atomic E-state index is 0.00961. The third-order valence-corrected chi connectivity index (χ3v) is 3.30. The Morgan fingerprint density at radius 3 is 2.78 bits per heavy atom. The van der Waals surface area contributed by atoms with E-state index in [0.29, 0.717) is 13.2 Å². The normalized spacial score (nSPS) is 31.2. The molecule has 2 aliphatic rings. The fraction of sp³-hybridized carbons (Fsp3) is 0.818. The van der Waals surface area contributed by atoms with Gasteiger partial charge in [-0.05, 0) is 12.8 Å². The van der Waals surface area contributed by atoms with Gasteiger partial charge >= 0.3 is 12.0 Å². The smallest absolute Gasteiger partial charge is 0.332 e. The van der Waals surface area contributed by atoms with Crippen LogP contribution in [0.4, 0.5) is 4.79 Å². The molecular weight excluding hydrogens is 240 g/mol. The van der Waals surface area contributed by atoms with E-state index in [9.17, 15) is 9.59 Å². The molecule has 2 amide bonds. The lowest BCUT2D eigenvalue weighted by Crippen LogP contribution is -2.58. The summed E-state index contributed by atoms with van der Waals surface area (Å²) in [5.74, 6) is -1.06.